The maximum Gasteiger partial charge on any atom is 0.344 e. The summed E-state index contributed by atoms with van der Waals surface area (Å²) in [4.78, 5) is 47.3. The van der Waals surface area contributed by atoms with Crippen LogP contribution in [-0.4, -0.2) is 49.0 Å². The number of imide groups is 2. The van der Waals surface area contributed by atoms with Crippen molar-refractivity contribution in [2.75, 3.05) is 20.3 Å². The first kappa shape index (κ1) is 18.7. The molecule has 0 saturated carbocycles. The van der Waals surface area contributed by atoms with Gasteiger partial charge in [0, 0.05) is 7.05 Å². The van der Waals surface area contributed by atoms with Gasteiger partial charge in [-0.15, -0.1) is 0 Å². The Balaban J connectivity index is 2.17. The largest absolute Gasteiger partial charge is 0.481 e. The van der Waals surface area contributed by atoms with Crippen LogP contribution >= 0.6 is 15.9 Å². The number of amides is 4. The Morgan fingerprint density at radius 2 is 2.04 bits per heavy atom. The van der Waals surface area contributed by atoms with Crippen molar-refractivity contribution in [2.45, 2.75) is 6.92 Å². The molecule has 0 radical (unpaired) electrons. The van der Waals surface area contributed by atoms with Crippen LogP contribution < -0.4 is 10.1 Å². The highest BCUT2D eigenvalue weighted by molar-refractivity contribution is 9.10. The first-order valence-electron chi connectivity index (χ1n) is 7.26. The summed E-state index contributed by atoms with van der Waals surface area (Å²) in [5, 5.41) is 2.07. The summed E-state index contributed by atoms with van der Waals surface area (Å²) in [6.45, 7) is 1.73. The predicted octanol–water partition coefficient (Wildman–Crippen LogP) is 1.48. The Labute approximate surface area is 151 Å². The minimum atomic E-state index is -0.768. The molecule has 1 aliphatic rings. The van der Waals surface area contributed by atoms with Crippen molar-refractivity contribution in [1.82, 2.24) is 10.2 Å². The summed E-state index contributed by atoms with van der Waals surface area (Å²) in [5.74, 6) is -1.53. The molecule has 0 unspecified atom stereocenters. The Bertz CT molecular complexity index is 774. The zero-order valence-corrected chi connectivity index (χ0v) is 15.1. The number of urea groups is 1. The van der Waals surface area contributed by atoms with Gasteiger partial charge in [-0.2, -0.15) is 0 Å². The molecule has 1 aromatic rings. The molecule has 0 spiro atoms. The summed E-state index contributed by atoms with van der Waals surface area (Å²) in [6.07, 6.45) is 1.36. The lowest BCUT2D eigenvalue weighted by atomic mass is 10.1. The zero-order valence-electron chi connectivity index (χ0n) is 13.5. The number of hydrogen-bond donors (Lipinski definition) is 1. The van der Waals surface area contributed by atoms with E-state index in [1.165, 1.54) is 13.1 Å². The second-order valence-corrected chi connectivity index (χ2v) is 5.82. The third kappa shape index (κ3) is 4.44. The van der Waals surface area contributed by atoms with Gasteiger partial charge in [-0.1, -0.05) is 6.07 Å². The number of benzene rings is 1. The number of nitrogens with one attached hydrogen (secondary N) is 1. The summed E-state index contributed by atoms with van der Waals surface area (Å²) < 4.78 is 10.6. The third-order valence-electron chi connectivity index (χ3n) is 3.22. The standard InChI is InChI=1S/C16H15BrN2O6/c1-3-24-13(20)8-25-12-5-4-9(7-11(12)17)6-10-14(21)18-16(23)19(2)15(10)22/h4-7H,3,8H2,1-2H3,(H,18,21,23). The van der Waals surface area contributed by atoms with Crippen LogP contribution in [-0.2, 0) is 19.1 Å². The maximum atomic E-state index is 12.0. The molecule has 25 heavy (non-hydrogen) atoms. The third-order valence-corrected chi connectivity index (χ3v) is 3.84. The average Bonchev–Trinajstić information content (AvgIpc) is 2.56. The first-order chi connectivity index (χ1) is 11.8. The van der Waals surface area contributed by atoms with Gasteiger partial charge < -0.3 is 9.47 Å². The molecule has 0 bridgehead atoms. The molecule has 1 aliphatic heterocycles. The van der Waals surface area contributed by atoms with Gasteiger partial charge in [0.1, 0.15) is 11.3 Å². The molecule has 9 heteroatoms. The molecular weight excluding hydrogens is 396 g/mol. The smallest absolute Gasteiger partial charge is 0.344 e. The Hall–Kier alpha value is -2.68. The molecule has 1 heterocycles. The van der Waals surface area contributed by atoms with E-state index in [2.05, 4.69) is 21.2 Å². The molecule has 1 aromatic carbocycles. The van der Waals surface area contributed by atoms with E-state index in [1.807, 2.05) is 0 Å². The number of rotatable bonds is 5. The Morgan fingerprint density at radius 1 is 1.32 bits per heavy atom. The van der Waals surface area contributed by atoms with Crippen LogP contribution in [0.5, 0.6) is 5.75 Å². The van der Waals surface area contributed by atoms with Crippen LogP contribution in [0, 0.1) is 0 Å². The number of ether oxygens (including phenoxy) is 2. The fraction of sp³-hybridized carbons (Fsp3) is 0.250. The highest BCUT2D eigenvalue weighted by Gasteiger charge is 2.32. The van der Waals surface area contributed by atoms with Gasteiger partial charge in [-0.3, -0.25) is 19.8 Å². The van der Waals surface area contributed by atoms with Crippen molar-refractivity contribution in [3.8, 4) is 5.75 Å². The highest BCUT2D eigenvalue weighted by Crippen LogP contribution is 2.27. The number of carbonyl (C=O) groups excluding carboxylic acids is 4. The van der Waals surface area contributed by atoms with E-state index < -0.39 is 23.8 Å². The van der Waals surface area contributed by atoms with Gasteiger partial charge in [-0.25, -0.2) is 9.59 Å². The van der Waals surface area contributed by atoms with Crippen molar-refractivity contribution in [1.29, 1.82) is 0 Å². The van der Waals surface area contributed by atoms with Gasteiger partial charge in [-0.05, 0) is 46.6 Å². The van der Waals surface area contributed by atoms with Gasteiger partial charge in [0.05, 0.1) is 11.1 Å². The topological polar surface area (TPSA) is 102 Å². The molecule has 8 nitrogen and oxygen atoms in total. The molecule has 0 aliphatic carbocycles. The number of likely N-dealkylation sites (N-methyl/N-ethyl adjacent to an activating group) is 1. The van der Waals surface area contributed by atoms with Crippen LogP contribution in [0.1, 0.15) is 12.5 Å². The van der Waals surface area contributed by atoms with Crippen LogP contribution in [0.3, 0.4) is 0 Å². The molecule has 132 valence electrons. The molecular formula is C16H15BrN2O6. The van der Waals surface area contributed by atoms with Crippen molar-refractivity contribution >= 4 is 45.8 Å². The fourth-order valence-corrected chi connectivity index (χ4v) is 2.49. The molecule has 0 aromatic heterocycles. The van der Waals surface area contributed by atoms with Crippen LogP contribution in [0.15, 0.2) is 28.2 Å². The van der Waals surface area contributed by atoms with E-state index in [-0.39, 0.29) is 18.8 Å². The molecule has 1 fully saturated rings. The van der Waals surface area contributed by atoms with Crippen LogP contribution in [0.25, 0.3) is 6.08 Å². The number of nitrogens with zero attached hydrogens (tertiary/aromatic N) is 1. The number of hydrogen-bond acceptors (Lipinski definition) is 6. The maximum absolute atomic E-state index is 12.0. The van der Waals surface area contributed by atoms with Gasteiger partial charge in [0.25, 0.3) is 11.8 Å². The quantitative estimate of drug-likeness (QED) is 0.448. The van der Waals surface area contributed by atoms with E-state index in [0.717, 1.165) is 4.90 Å². The zero-order chi connectivity index (χ0) is 18.6. The van der Waals surface area contributed by atoms with Gasteiger partial charge >= 0.3 is 12.0 Å². The predicted molar refractivity (Wildman–Crippen MR) is 90.6 cm³/mol. The highest BCUT2D eigenvalue weighted by atomic mass is 79.9. The molecule has 1 saturated heterocycles. The number of carbonyl (C=O) groups is 4. The minimum Gasteiger partial charge on any atom is -0.481 e. The van der Waals surface area contributed by atoms with E-state index >= 15 is 0 Å². The molecule has 2 rings (SSSR count). The lowest BCUT2D eigenvalue weighted by molar-refractivity contribution is -0.145. The average molecular weight is 411 g/mol. The molecule has 1 N–H and O–H groups in total. The second-order valence-electron chi connectivity index (χ2n) is 4.97. The number of barbiturate groups is 1. The van der Waals surface area contributed by atoms with Gasteiger partial charge in [0.15, 0.2) is 6.61 Å². The summed E-state index contributed by atoms with van der Waals surface area (Å²) in [7, 11) is 1.28. The van der Waals surface area contributed by atoms with Crippen LogP contribution in [0.2, 0.25) is 0 Å². The first-order valence-corrected chi connectivity index (χ1v) is 8.05. The summed E-state index contributed by atoms with van der Waals surface area (Å²) in [6, 6.07) is 4.03. The lowest BCUT2D eigenvalue weighted by Gasteiger charge is -2.22. The van der Waals surface area contributed by atoms with Crippen molar-refractivity contribution in [3.63, 3.8) is 0 Å². The van der Waals surface area contributed by atoms with Crippen molar-refractivity contribution in [2.24, 2.45) is 0 Å². The normalized spacial score (nSPS) is 16.0. The number of esters is 1. The summed E-state index contributed by atoms with van der Waals surface area (Å²) >= 11 is 3.30. The molecule has 4 amide bonds. The minimum absolute atomic E-state index is 0.158. The lowest BCUT2D eigenvalue weighted by Crippen LogP contribution is -2.52. The van der Waals surface area contributed by atoms with E-state index in [1.54, 1.807) is 25.1 Å². The molecule has 0 atom stereocenters. The van der Waals surface area contributed by atoms with Gasteiger partial charge in [0.2, 0.25) is 0 Å². The fourth-order valence-electron chi connectivity index (χ4n) is 1.98. The summed E-state index contributed by atoms with van der Waals surface area (Å²) in [5.41, 5.74) is 0.380. The Morgan fingerprint density at radius 3 is 2.68 bits per heavy atom. The second kappa shape index (κ2) is 7.93. The van der Waals surface area contributed by atoms with E-state index in [4.69, 9.17) is 9.47 Å². The van der Waals surface area contributed by atoms with Crippen molar-refractivity contribution < 1.29 is 28.7 Å². The van der Waals surface area contributed by atoms with E-state index in [9.17, 15) is 19.2 Å². The monoisotopic (exact) mass is 410 g/mol. The number of halogens is 1. The Kier molecular flexibility index (Phi) is 5.92. The van der Waals surface area contributed by atoms with Crippen LogP contribution in [0.4, 0.5) is 4.79 Å². The van der Waals surface area contributed by atoms with E-state index in [0.29, 0.717) is 15.8 Å². The van der Waals surface area contributed by atoms with Crippen molar-refractivity contribution in [3.05, 3.63) is 33.8 Å². The SMILES string of the molecule is CCOC(=O)COc1ccc(C=C2C(=O)NC(=O)N(C)C2=O)cc1Br.